The van der Waals surface area contributed by atoms with Crippen LogP contribution in [0.25, 0.3) is 11.3 Å². The van der Waals surface area contributed by atoms with Crippen molar-refractivity contribution in [3.8, 4) is 11.3 Å². The molecule has 1 aliphatic rings. The van der Waals surface area contributed by atoms with E-state index in [-0.39, 0.29) is 5.56 Å². The summed E-state index contributed by atoms with van der Waals surface area (Å²) in [6, 6.07) is 12.1. The zero-order chi connectivity index (χ0) is 11.0. The molecule has 1 heterocycles. The number of aromatic amines is 1. The van der Waals surface area contributed by atoms with Crippen molar-refractivity contribution in [3.63, 3.8) is 0 Å². The van der Waals surface area contributed by atoms with Gasteiger partial charge in [0, 0.05) is 11.3 Å². The number of hydrogen-bond donors (Lipinski definition) is 1. The van der Waals surface area contributed by atoms with Gasteiger partial charge in [0.25, 0.3) is 5.56 Å². The van der Waals surface area contributed by atoms with Gasteiger partial charge in [-0.2, -0.15) is 0 Å². The second kappa shape index (κ2) is 3.63. The predicted molar refractivity (Wildman–Crippen MR) is 64.5 cm³/mol. The number of benzene rings is 1. The fraction of sp³-hybridized carbons (Fsp3) is 0.214. The molecule has 0 aliphatic heterocycles. The molecule has 2 heteroatoms. The Labute approximate surface area is 94.0 Å². The minimum absolute atomic E-state index is 0.0915. The molecule has 0 radical (unpaired) electrons. The van der Waals surface area contributed by atoms with Crippen molar-refractivity contribution in [3.05, 3.63) is 57.9 Å². The van der Waals surface area contributed by atoms with Gasteiger partial charge in [0.15, 0.2) is 0 Å². The quantitative estimate of drug-likeness (QED) is 0.772. The second-order valence-electron chi connectivity index (χ2n) is 4.24. The van der Waals surface area contributed by atoms with Crippen LogP contribution in [0.4, 0.5) is 0 Å². The lowest BCUT2D eigenvalue weighted by Gasteiger charge is -2.04. The van der Waals surface area contributed by atoms with Gasteiger partial charge in [0.1, 0.15) is 0 Å². The molecule has 0 spiro atoms. The molecule has 1 aliphatic carbocycles. The second-order valence-corrected chi connectivity index (χ2v) is 4.24. The first-order chi connectivity index (χ1) is 7.84. The number of aromatic nitrogens is 1. The van der Waals surface area contributed by atoms with Crippen molar-refractivity contribution in [2.75, 3.05) is 0 Å². The van der Waals surface area contributed by atoms with Crippen LogP contribution in [0.15, 0.2) is 41.2 Å². The molecule has 80 valence electrons. The molecule has 2 nitrogen and oxygen atoms in total. The van der Waals surface area contributed by atoms with Crippen LogP contribution in [0, 0.1) is 0 Å². The first-order valence-electron chi connectivity index (χ1n) is 5.65. The molecule has 0 saturated heterocycles. The number of H-pyrrole nitrogens is 1. The predicted octanol–water partition coefficient (Wildman–Crippen LogP) is 2.53. The van der Waals surface area contributed by atoms with Gasteiger partial charge >= 0.3 is 0 Å². The lowest BCUT2D eigenvalue weighted by molar-refractivity contribution is 0.907. The zero-order valence-corrected chi connectivity index (χ0v) is 8.99. The number of fused-ring (bicyclic) bond motifs is 1. The minimum Gasteiger partial charge on any atom is -0.322 e. The highest BCUT2D eigenvalue weighted by atomic mass is 16.1. The molecular formula is C14H13NO. The van der Waals surface area contributed by atoms with E-state index >= 15 is 0 Å². The summed E-state index contributed by atoms with van der Waals surface area (Å²) in [6.45, 7) is 0. The summed E-state index contributed by atoms with van der Waals surface area (Å²) < 4.78 is 0. The van der Waals surface area contributed by atoms with Crippen LogP contribution in [0.2, 0.25) is 0 Å². The maximum Gasteiger partial charge on any atom is 0.251 e. The number of aryl methyl sites for hydroxylation is 1. The maximum atomic E-state index is 11.8. The topological polar surface area (TPSA) is 32.9 Å². The van der Waals surface area contributed by atoms with E-state index in [0.717, 1.165) is 36.1 Å². The maximum absolute atomic E-state index is 11.8. The summed E-state index contributed by atoms with van der Waals surface area (Å²) in [7, 11) is 0. The molecule has 0 atom stereocenters. The molecule has 2 aromatic rings. The lowest BCUT2D eigenvalue weighted by Crippen LogP contribution is -2.12. The lowest BCUT2D eigenvalue weighted by atomic mass is 10.1. The van der Waals surface area contributed by atoms with Crippen LogP contribution in [0.3, 0.4) is 0 Å². The Hall–Kier alpha value is -1.83. The molecule has 0 amide bonds. The summed E-state index contributed by atoms with van der Waals surface area (Å²) in [5.41, 5.74) is 4.32. The number of hydrogen-bond acceptors (Lipinski definition) is 1. The van der Waals surface area contributed by atoms with E-state index in [2.05, 4.69) is 11.1 Å². The van der Waals surface area contributed by atoms with E-state index in [1.54, 1.807) is 0 Å². The third-order valence-corrected chi connectivity index (χ3v) is 3.19. The number of pyridine rings is 1. The average molecular weight is 211 g/mol. The molecule has 0 fully saturated rings. The highest BCUT2D eigenvalue weighted by Gasteiger charge is 2.15. The Morgan fingerprint density at radius 1 is 1.06 bits per heavy atom. The Balaban J connectivity index is 2.17. The van der Waals surface area contributed by atoms with Gasteiger partial charge < -0.3 is 4.98 Å². The van der Waals surface area contributed by atoms with E-state index < -0.39 is 0 Å². The third kappa shape index (κ3) is 1.47. The summed E-state index contributed by atoms with van der Waals surface area (Å²) in [4.78, 5) is 14.8. The van der Waals surface area contributed by atoms with E-state index in [1.165, 1.54) is 5.56 Å². The fourth-order valence-corrected chi connectivity index (χ4v) is 2.37. The SMILES string of the molecule is O=c1[nH]c(-c2ccccc2)cc2c1CCC2. The monoisotopic (exact) mass is 211 g/mol. The average Bonchev–Trinajstić information content (AvgIpc) is 2.79. The van der Waals surface area contributed by atoms with E-state index in [0.29, 0.717) is 0 Å². The summed E-state index contributed by atoms with van der Waals surface area (Å²) >= 11 is 0. The van der Waals surface area contributed by atoms with Gasteiger partial charge in [0.2, 0.25) is 0 Å². The standard InChI is InChI=1S/C14H13NO/c16-14-12-8-4-7-11(12)9-13(15-14)10-5-2-1-3-6-10/h1-3,5-6,9H,4,7-8H2,(H,15,16). The van der Waals surface area contributed by atoms with Crippen LogP contribution in [-0.4, -0.2) is 4.98 Å². The van der Waals surface area contributed by atoms with Gasteiger partial charge in [0.05, 0.1) is 0 Å². The fourth-order valence-electron chi connectivity index (χ4n) is 2.37. The van der Waals surface area contributed by atoms with Crippen molar-refractivity contribution < 1.29 is 0 Å². The largest absolute Gasteiger partial charge is 0.322 e. The van der Waals surface area contributed by atoms with Crippen molar-refractivity contribution in [2.24, 2.45) is 0 Å². The number of rotatable bonds is 1. The Morgan fingerprint density at radius 3 is 2.69 bits per heavy atom. The zero-order valence-electron chi connectivity index (χ0n) is 8.99. The highest BCUT2D eigenvalue weighted by Crippen LogP contribution is 2.23. The first-order valence-corrected chi connectivity index (χ1v) is 5.65. The van der Waals surface area contributed by atoms with Crippen molar-refractivity contribution in [1.82, 2.24) is 4.98 Å². The molecular weight excluding hydrogens is 198 g/mol. The van der Waals surface area contributed by atoms with Crippen LogP contribution in [-0.2, 0) is 12.8 Å². The van der Waals surface area contributed by atoms with Crippen LogP contribution in [0.5, 0.6) is 0 Å². The van der Waals surface area contributed by atoms with Crippen LogP contribution < -0.4 is 5.56 Å². The third-order valence-electron chi connectivity index (χ3n) is 3.19. The van der Waals surface area contributed by atoms with Gasteiger partial charge in [-0.05, 0) is 36.5 Å². The molecule has 0 bridgehead atoms. The Kier molecular flexibility index (Phi) is 2.13. The molecule has 0 saturated carbocycles. The van der Waals surface area contributed by atoms with Gasteiger partial charge in [-0.25, -0.2) is 0 Å². The van der Waals surface area contributed by atoms with Crippen molar-refractivity contribution in [2.45, 2.75) is 19.3 Å². The van der Waals surface area contributed by atoms with Crippen molar-refractivity contribution in [1.29, 1.82) is 0 Å². The molecule has 1 aromatic heterocycles. The Bertz CT molecular complexity index is 569. The first kappa shape index (κ1) is 9.40. The normalized spacial score (nSPS) is 13.8. The minimum atomic E-state index is 0.0915. The summed E-state index contributed by atoms with van der Waals surface area (Å²) in [6.07, 6.45) is 3.08. The molecule has 3 rings (SSSR count). The van der Waals surface area contributed by atoms with Crippen LogP contribution >= 0.6 is 0 Å². The Morgan fingerprint density at radius 2 is 1.88 bits per heavy atom. The molecule has 1 N–H and O–H groups in total. The van der Waals surface area contributed by atoms with E-state index in [4.69, 9.17) is 0 Å². The smallest absolute Gasteiger partial charge is 0.251 e. The highest BCUT2D eigenvalue weighted by molar-refractivity contribution is 5.60. The van der Waals surface area contributed by atoms with Gasteiger partial charge in [-0.15, -0.1) is 0 Å². The van der Waals surface area contributed by atoms with E-state index in [9.17, 15) is 4.79 Å². The van der Waals surface area contributed by atoms with Gasteiger partial charge in [-0.1, -0.05) is 30.3 Å². The van der Waals surface area contributed by atoms with Crippen LogP contribution in [0.1, 0.15) is 17.5 Å². The summed E-state index contributed by atoms with van der Waals surface area (Å²) in [5, 5.41) is 0. The van der Waals surface area contributed by atoms with E-state index in [1.807, 2.05) is 30.3 Å². The number of nitrogens with one attached hydrogen (secondary N) is 1. The summed E-state index contributed by atoms with van der Waals surface area (Å²) in [5.74, 6) is 0. The molecule has 0 unspecified atom stereocenters. The van der Waals surface area contributed by atoms with Crippen molar-refractivity contribution >= 4 is 0 Å². The van der Waals surface area contributed by atoms with Gasteiger partial charge in [-0.3, -0.25) is 4.79 Å². The molecule has 1 aromatic carbocycles. The molecule has 16 heavy (non-hydrogen) atoms.